The maximum absolute atomic E-state index is 6.12. The van der Waals surface area contributed by atoms with Crippen LogP contribution in [0.5, 0.6) is 0 Å². The van der Waals surface area contributed by atoms with E-state index in [-0.39, 0.29) is 0 Å². The molecule has 0 unspecified atom stereocenters. The molecule has 5 nitrogen and oxygen atoms in total. The van der Waals surface area contributed by atoms with Gasteiger partial charge in [0.25, 0.3) is 0 Å². The summed E-state index contributed by atoms with van der Waals surface area (Å²) < 4.78 is 0. The van der Waals surface area contributed by atoms with Crippen LogP contribution in [0.1, 0.15) is 18.4 Å². The largest absolute Gasteiger partial charge is 0.397 e. The maximum atomic E-state index is 6.12. The van der Waals surface area contributed by atoms with E-state index in [0.717, 1.165) is 56.0 Å². The fourth-order valence-corrected chi connectivity index (χ4v) is 3.94. The quantitative estimate of drug-likeness (QED) is 0.536. The van der Waals surface area contributed by atoms with E-state index >= 15 is 0 Å². The first-order chi connectivity index (χ1) is 13.1. The minimum atomic E-state index is 0.609. The third-order valence-electron chi connectivity index (χ3n) is 5.20. The van der Waals surface area contributed by atoms with Crippen molar-refractivity contribution in [3.63, 3.8) is 0 Å². The first-order valence-corrected chi connectivity index (χ1v) is 9.98. The third kappa shape index (κ3) is 4.32. The Hall–Kier alpha value is -1.95. The molecule has 4 N–H and O–H groups in total. The Morgan fingerprint density at radius 3 is 2.70 bits per heavy atom. The number of imidazole rings is 1. The van der Waals surface area contributed by atoms with E-state index < -0.39 is 0 Å². The fourth-order valence-electron chi connectivity index (χ4n) is 3.62. The average Bonchev–Trinajstić information content (AvgIpc) is 3.09. The molecule has 1 saturated heterocycles. The smallest absolute Gasteiger partial charge is 0.201 e. The van der Waals surface area contributed by atoms with Crippen LogP contribution in [0.25, 0.3) is 11.0 Å². The molecule has 142 valence electrons. The number of halogens is 2. The summed E-state index contributed by atoms with van der Waals surface area (Å²) in [6.45, 7) is 4.00. The van der Waals surface area contributed by atoms with Crippen molar-refractivity contribution in [2.75, 3.05) is 30.7 Å². The van der Waals surface area contributed by atoms with Gasteiger partial charge in [-0.1, -0.05) is 35.3 Å². The normalized spacial score (nSPS) is 16.1. The summed E-state index contributed by atoms with van der Waals surface area (Å²) in [4.78, 5) is 10.3. The topological polar surface area (TPSA) is 70.0 Å². The van der Waals surface area contributed by atoms with Crippen molar-refractivity contribution in [2.45, 2.75) is 19.4 Å². The Labute approximate surface area is 168 Å². The van der Waals surface area contributed by atoms with E-state index in [9.17, 15) is 0 Å². The number of H-pyrrole nitrogens is 1. The number of nitrogens with two attached hydrogens (primary N) is 1. The number of aromatic amines is 1. The van der Waals surface area contributed by atoms with E-state index in [1.807, 2.05) is 30.3 Å². The van der Waals surface area contributed by atoms with E-state index in [0.29, 0.717) is 21.7 Å². The lowest BCUT2D eigenvalue weighted by molar-refractivity contribution is 0.182. The summed E-state index contributed by atoms with van der Waals surface area (Å²) in [6.07, 6.45) is 2.33. The van der Waals surface area contributed by atoms with E-state index in [2.05, 4.69) is 26.3 Å². The van der Waals surface area contributed by atoms with Gasteiger partial charge in [-0.3, -0.25) is 4.90 Å². The molecule has 3 aromatic rings. The molecule has 0 atom stereocenters. The molecule has 1 aliphatic heterocycles. The van der Waals surface area contributed by atoms with Crippen LogP contribution in [-0.4, -0.2) is 34.5 Å². The van der Waals surface area contributed by atoms with Crippen LogP contribution < -0.4 is 11.1 Å². The lowest BCUT2D eigenvalue weighted by Gasteiger charge is -2.32. The lowest BCUT2D eigenvalue weighted by Crippen LogP contribution is -2.35. The Balaban J connectivity index is 1.27. The van der Waals surface area contributed by atoms with Crippen LogP contribution in [0, 0.1) is 5.92 Å². The molecule has 4 rings (SSSR count). The summed E-state index contributed by atoms with van der Waals surface area (Å²) >= 11 is 12.1. The number of nitrogens with zero attached hydrogens (tertiary/aromatic N) is 2. The van der Waals surface area contributed by atoms with Crippen molar-refractivity contribution in [3.05, 3.63) is 52.0 Å². The van der Waals surface area contributed by atoms with Crippen molar-refractivity contribution in [2.24, 2.45) is 5.92 Å². The van der Waals surface area contributed by atoms with Crippen LogP contribution >= 0.6 is 23.2 Å². The van der Waals surface area contributed by atoms with Crippen LogP contribution in [-0.2, 0) is 6.54 Å². The molecule has 0 bridgehead atoms. The van der Waals surface area contributed by atoms with Gasteiger partial charge in [-0.15, -0.1) is 0 Å². The second kappa shape index (κ2) is 7.97. The van der Waals surface area contributed by atoms with Crippen molar-refractivity contribution >= 4 is 45.9 Å². The molecule has 1 aliphatic rings. The molecule has 0 spiro atoms. The zero-order valence-corrected chi connectivity index (χ0v) is 16.5. The molecular formula is C20H23Cl2N5. The number of rotatable bonds is 5. The standard InChI is InChI=1S/C20H23Cl2N5/c21-15-5-4-14(10-16(15)22)12-27-8-6-13(7-9-27)11-24-20-25-18-3-1-2-17(23)19(18)26-20/h1-5,10,13H,6-9,11-12,23H2,(H2,24,25,26). The highest BCUT2D eigenvalue weighted by atomic mass is 35.5. The first-order valence-electron chi connectivity index (χ1n) is 9.23. The Bertz CT molecular complexity index is 931. The number of anilines is 2. The van der Waals surface area contributed by atoms with Gasteiger partial charge in [-0.2, -0.15) is 0 Å². The van der Waals surface area contributed by atoms with Crippen LogP contribution in [0.15, 0.2) is 36.4 Å². The summed E-state index contributed by atoms with van der Waals surface area (Å²) in [5.41, 5.74) is 9.68. The van der Waals surface area contributed by atoms with Gasteiger partial charge in [-0.25, -0.2) is 4.98 Å². The highest BCUT2D eigenvalue weighted by Crippen LogP contribution is 2.25. The van der Waals surface area contributed by atoms with Crippen molar-refractivity contribution in [1.82, 2.24) is 14.9 Å². The van der Waals surface area contributed by atoms with Crippen LogP contribution in [0.3, 0.4) is 0 Å². The SMILES string of the molecule is Nc1cccc2[nH]c(NCC3CCN(Cc4ccc(Cl)c(Cl)c4)CC3)nc12. The molecule has 7 heteroatoms. The molecule has 0 saturated carbocycles. The van der Waals surface area contributed by atoms with Gasteiger partial charge in [0, 0.05) is 13.1 Å². The molecule has 0 aliphatic carbocycles. The summed E-state index contributed by atoms with van der Waals surface area (Å²) in [5.74, 6) is 1.43. The molecular weight excluding hydrogens is 381 g/mol. The second-order valence-electron chi connectivity index (χ2n) is 7.18. The zero-order chi connectivity index (χ0) is 18.8. The molecule has 27 heavy (non-hydrogen) atoms. The minimum Gasteiger partial charge on any atom is -0.397 e. The molecule has 0 radical (unpaired) electrons. The van der Waals surface area contributed by atoms with Crippen molar-refractivity contribution in [3.8, 4) is 0 Å². The van der Waals surface area contributed by atoms with Crippen molar-refractivity contribution < 1.29 is 0 Å². The number of benzene rings is 2. The molecule has 0 amide bonds. The van der Waals surface area contributed by atoms with E-state index in [1.54, 1.807) is 0 Å². The van der Waals surface area contributed by atoms with Crippen LogP contribution in [0.2, 0.25) is 10.0 Å². The van der Waals surface area contributed by atoms with Gasteiger partial charge in [0.15, 0.2) is 0 Å². The minimum absolute atomic E-state index is 0.609. The Morgan fingerprint density at radius 2 is 1.96 bits per heavy atom. The molecule has 1 fully saturated rings. The van der Waals surface area contributed by atoms with Crippen LogP contribution in [0.4, 0.5) is 11.6 Å². The number of para-hydroxylation sites is 1. The highest BCUT2D eigenvalue weighted by Gasteiger charge is 2.19. The highest BCUT2D eigenvalue weighted by molar-refractivity contribution is 6.42. The monoisotopic (exact) mass is 403 g/mol. The number of hydrogen-bond acceptors (Lipinski definition) is 4. The summed E-state index contributed by atoms with van der Waals surface area (Å²) in [5, 5.41) is 4.67. The number of nitrogens with one attached hydrogen (secondary N) is 2. The Morgan fingerprint density at radius 1 is 1.15 bits per heavy atom. The lowest BCUT2D eigenvalue weighted by atomic mass is 9.96. The van der Waals surface area contributed by atoms with Gasteiger partial charge < -0.3 is 16.0 Å². The van der Waals surface area contributed by atoms with Gasteiger partial charge in [-0.05, 0) is 61.7 Å². The maximum Gasteiger partial charge on any atom is 0.201 e. The second-order valence-corrected chi connectivity index (χ2v) is 7.99. The third-order valence-corrected chi connectivity index (χ3v) is 5.94. The van der Waals surface area contributed by atoms with Gasteiger partial charge in [0.1, 0.15) is 5.52 Å². The number of piperidine rings is 1. The summed E-state index contributed by atoms with van der Waals surface area (Å²) in [6, 6.07) is 11.7. The molecule has 2 heterocycles. The van der Waals surface area contributed by atoms with Crippen molar-refractivity contribution in [1.29, 1.82) is 0 Å². The number of nitrogen functional groups attached to an aromatic ring is 1. The number of likely N-dealkylation sites (tertiary alicyclic amines) is 1. The predicted molar refractivity (Wildman–Crippen MR) is 113 cm³/mol. The number of hydrogen-bond donors (Lipinski definition) is 3. The number of aromatic nitrogens is 2. The summed E-state index contributed by atoms with van der Waals surface area (Å²) in [7, 11) is 0. The van der Waals surface area contributed by atoms with E-state index in [1.165, 1.54) is 5.56 Å². The van der Waals surface area contributed by atoms with E-state index in [4.69, 9.17) is 28.9 Å². The molecule has 2 aromatic carbocycles. The Kier molecular flexibility index (Phi) is 5.43. The van der Waals surface area contributed by atoms with Gasteiger partial charge in [0.2, 0.25) is 5.95 Å². The zero-order valence-electron chi connectivity index (χ0n) is 15.0. The predicted octanol–water partition coefficient (Wildman–Crippen LogP) is 4.78. The molecule has 1 aromatic heterocycles. The average molecular weight is 404 g/mol. The van der Waals surface area contributed by atoms with Gasteiger partial charge >= 0.3 is 0 Å². The van der Waals surface area contributed by atoms with Gasteiger partial charge in [0.05, 0.1) is 21.2 Å². The number of fused-ring (bicyclic) bond motifs is 1. The fraction of sp³-hybridized carbons (Fsp3) is 0.350. The first kappa shape index (κ1) is 18.4.